The van der Waals surface area contributed by atoms with Crippen molar-refractivity contribution in [2.45, 2.75) is 11.9 Å². The van der Waals surface area contributed by atoms with E-state index in [1.165, 1.54) is 18.2 Å². The second-order valence-electron chi connectivity index (χ2n) is 5.79. The van der Waals surface area contributed by atoms with E-state index < -0.39 is 4.92 Å². The molecule has 0 aliphatic heterocycles. The molecule has 1 aromatic heterocycles. The molecule has 8 heteroatoms. The van der Waals surface area contributed by atoms with Crippen LogP contribution in [0.5, 0.6) is 0 Å². The molecule has 0 unspecified atom stereocenters. The molecular weight excluding hydrogens is 364 g/mol. The van der Waals surface area contributed by atoms with Crippen LogP contribution in [0.3, 0.4) is 0 Å². The lowest BCUT2D eigenvalue weighted by atomic mass is 10.1. The van der Waals surface area contributed by atoms with E-state index in [-0.39, 0.29) is 17.3 Å². The molecule has 0 aliphatic rings. The Morgan fingerprint density at radius 1 is 1.30 bits per heavy atom. The van der Waals surface area contributed by atoms with Crippen molar-refractivity contribution in [3.05, 3.63) is 69.8 Å². The number of aromatic nitrogens is 1. The number of hydrogen-bond donors (Lipinski definition) is 1. The summed E-state index contributed by atoms with van der Waals surface area (Å²) in [6, 6.07) is 15.4. The van der Waals surface area contributed by atoms with Crippen molar-refractivity contribution in [2.24, 2.45) is 0 Å². The SMILES string of the molecule is Cc1ccc2nc(SCC(=O)Nc3cccc([N+](=O)[O-])c3)c(C#N)cc2c1. The van der Waals surface area contributed by atoms with Crippen LogP contribution < -0.4 is 5.32 Å². The minimum absolute atomic E-state index is 0.0295. The van der Waals surface area contributed by atoms with Crippen LogP contribution in [0.4, 0.5) is 11.4 Å². The fourth-order valence-corrected chi connectivity index (χ4v) is 3.26. The number of carbonyl (C=O) groups excluding carboxylic acids is 1. The van der Waals surface area contributed by atoms with Crippen LogP contribution >= 0.6 is 11.8 Å². The smallest absolute Gasteiger partial charge is 0.271 e. The molecule has 0 saturated heterocycles. The maximum absolute atomic E-state index is 12.2. The van der Waals surface area contributed by atoms with E-state index in [4.69, 9.17) is 0 Å². The highest BCUT2D eigenvalue weighted by Crippen LogP contribution is 2.25. The molecule has 1 heterocycles. The van der Waals surface area contributed by atoms with Gasteiger partial charge in [-0.15, -0.1) is 0 Å². The van der Waals surface area contributed by atoms with E-state index in [0.29, 0.717) is 16.3 Å². The monoisotopic (exact) mass is 378 g/mol. The van der Waals surface area contributed by atoms with Crippen molar-refractivity contribution in [1.82, 2.24) is 4.98 Å². The average Bonchev–Trinajstić information content (AvgIpc) is 2.65. The van der Waals surface area contributed by atoms with Gasteiger partial charge in [-0.2, -0.15) is 5.26 Å². The predicted molar refractivity (Wildman–Crippen MR) is 104 cm³/mol. The molecule has 134 valence electrons. The number of non-ortho nitro benzene ring substituents is 1. The van der Waals surface area contributed by atoms with Gasteiger partial charge in [-0.3, -0.25) is 14.9 Å². The Balaban J connectivity index is 1.73. The Morgan fingerprint density at radius 3 is 2.85 bits per heavy atom. The van der Waals surface area contributed by atoms with Gasteiger partial charge in [-0.25, -0.2) is 4.98 Å². The normalized spacial score (nSPS) is 10.4. The zero-order chi connectivity index (χ0) is 19.4. The number of pyridine rings is 1. The van der Waals surface area contributed by atoms with E-state index in [1.807, 2.05) is 25.1 Å². The standard InChI is InChI=1S/C19H14N4O3S/c1-12-5-6-17-13(7-12)8-14(10-20)19(22-17)27-11-18(24)21-15-3-2-4-16(9-15)23(25)26/h2-9H,11H2,1H3,(H,21,24). The topological polar surface area (TPSA) is 109 Å². The third-order valence-corrected chi connectivity index (χ3v) is 4.73. The highest BCUT2D eigenvalue weighted by atomic mass is 32.2. The molecule has 0 spiro atoms. The fourth-order valence-electron chi connectivity index (χ4n) is 2.50. The Hall–Kier alpha value is -3.44. The first kappa shape index (κ1) is 18.4. The molecule has 1 amide bonds. The predicted octanol–water partition coefficient (Wildman–Crippen LogP) is 4.05. The van der Waals surface area contributed by atoms with Gasteiger partial charge in [0.2, 0.25) is 5.91 Å². The second-order valence-corrected chi connectivity index (χ2v) is 6.76. The van der Waals surface area contributed by atoms with Gasteiger partial charge in [-0.1, -0.05) is 29.5 Å². The highest BCUT2D eigenvalue weighted by molar-refractivity contribution is 8.00. The molecule has 0 fully saturated rings. The molecule has 0 radical (unpaired) electrons. The maximum Gasteiger partial charge on any atom is 0.271 e. The molecule has 0 bridgehead atoms. The van der Waals surface area contributed by atoms with Gasteiger partial charge in [-0.05, 0) is 31.2 Å². The Morgan fingerprint density at radius 2 is 2.11 bits per heavy atom. The largest absolute Gasteiger partial charge is 0.325 e. The summed E-state index contributed by atoms with van der Waals surface area (Å²) in [7, 11) is 0. The Bertz CT molecular complexity index is 1090. The van der Waals surface area contributed by atoms with E-state index in [2.05, 4.69) is 16.4 Å². The van der Waals surface area contributed by atoms with Crippen molar-refractivity contribution < 1.29 is 9.72 Å². The summed E-state index contributed by atoms with van der Waals surface area (Å²) in [5, 5.41) is 24.1. The fraction of sp³-hybridized carbons (Fsp3) is 0.105. The first-order valence-corrected chi connectivity index (χ1v) is 8.93. The van der Waals surface area contributed by atoms with Gasteiger partial charge in [0.05, 0.1) is 21.8 Å². The summed E-state index contributed by atoms with van der Waals surface area (Å²) in [5.41, 5.74) is 2.48. The number of thioether (sulfide) groups is 1. The molecule has 27 heavy (non-hydrogen) atoms. The number of nitriles is 1. The number of aryl methyl sites for hydroxylation is 1. The quantitative estimate of drug-likeness (QED) is 0.407. The van der Waals surface area contributed by atoms with Crippen LogP contribution in [0.25, 0.3) is 10.9 Å². The lowest BCUT2D eigenvalue weighted by Gasteiger charge is -2.07. The zero-order valence-corrected chi connectivity index (χ0v) is 15.1. The molecule has 0 atom stereocenters. The van der Waals surface area contributed by atoms with Gasteiger partial charge in [0, 0.05) is 23.2 Å². The van der Waals surface area contributed by atoms with E-state index >= 15 is 0 Å². The number of rotatable bonds is 5. The maximum atomic E-state index is 12.2. The molecule has 2 aromatic carbocycles. The molecule has 3 aromatic rings. The second kappa shape index (κ2) is 7.85. The van der Waals surface area contributed by atoms with Crippen LogP contribution in [0.1, 0.15) is 11.1 Å². The minimum atomic E-state index is -0.523. The zero-order valence-electron chi connectivity index (χ0n) is 14.3. The number of hydrogen-bond acceptors (Lipinski definition) is 6. The summed E-state index contributed by atoms with van der Waals surface area (Å²) in [6.45, 7) is 1.96. The van der Waals surface area contributed by atoms with Crippen LogP contribution in [0.15, 0.2) is 53.6 Å². The number of nitrogens with one attached hydrogen (secondary N) is 1. The molecule has 0 saturated carbocycles. The number of anilines is 1. The molecule has 0 aliphatic carbocycles. The number of nitrogens with zero attached hydrogens (tertiary/aromatic N) is 3. The van der Waals surface area contributed by atoms with Crippen LogP contribution in [0, 0.1) is 28.4 Å². The summed E-state index contributed by atoms with van der Waals surface area (Å²) in [5.74, 6) is -0.308. The van der Waals surface area contributed by atoms with Crippen molar-refractivity contribution in [3.8, 4) is 6.07 Å². The number of carbonyl (C=O) groups is 1. The van der Waals surface area contributed by atoms with Gasteiger partial charge in [0.25, 0.3) is 5.69 Å². The number of amides is 1. The van der Waals surface area contributed by atoms with Gasteiger partial charge >= 0.3 is 0 Å². The number of benzene rings is 2. The summed E-state index contributed by atoms with van der Waals surface area (Å²) in [4.78, 5) is 26.9. The van der Waals surface area contributed by atoms with Crippen molar-refractivity contribution in [1.29, 1.82) is 5.26 Å². The average molecular weight is 378 g/mol. The molecular formula is C19H14N4O3S. The summed E-state index contributed by atoms with van der Waals surface area (Å²) >= 11 is 1.15. The first-order chi connectivity index (χ1) is 13.0. The highest BCUT2D eigenvalue weighted by Gasteiger charge is 2.12. The van der Waals surface area contributed by atoms with Crippen molar-refractivity contribution in [2.75, 3.05) is 11.1 Å². The van der Waals surface area contributed by atoms with Crippen LogP contribution in [0.2, 0.25) is 0 Å². The van der Waals surface area contributed by atoms with E-state index in [9.17, 15) is 20.2 Å². The Labute approximate surface area is 159 Å². The van der Waals surface area contributed by atoms with Gasteiger partial charge in [0.15, 0.2) is 0 Å². The van der Waals surface area contributed by atoms with E-state index in [0.717, 1.165) is 28.2 Å². The lowest BCUT2D eigenvalue weighted by molar-refractivity contribution is -0.384. The van der Waals surface area contributed by atoms with E-state index in [1.54, 1.807) is 12.1 Å². The lowest BCUT2D eigenvalue weighted by Crippen LogP contribution is -2.14. The third-order valence-electron chi connectivity index (χ3n) is 3.74. The van der Waals surface area contributed by atoms with Crippen LogP contribution in [-0.2, 0) is 4.79 Å². The third kappa shape index (κ3) is 4.40. The van der Waals surface area contributed by atoms with Gasteiger partial charge in [0.1, 0.15) is 11.1 Å². The van der Waals surface area contributed by atoms with Crippen molar-refractivity contribution >= 4 is 39.9 Å². The summed E-state index contributed by atoms with van der Waals surface area (Å²) < 4.78 is 0. The first-order valence-electron chi connectivity index (χ1n) is 7.95. The van der Waals surface area contributed by atoms with Gasteiger partial charge < -0.3 is 5.32 Å². The number of nitro benzene ring substituents is 1. The van der Waals surface area contributed by atoms with Crippen molar-refractivity contribution in [3.63, 3.8) is 0 Å². The molecule has 1 N–H and O–H groups in total. The summed E-state index contributed by atoms with van der Waals surface area (Å²) in [6.07, 6.45) is 0. The number of fused-ring (bicyclic) bond motifs is 1. The van der Waals surface area contributed by atoms with Crippen LogP contribution in [-0.4, -0.2) is 21.6 Å². The Kier molecular flexibility index (Phi) is 5.33. The number of nitro groups is 1. The molecule has 7 nitrogen and oxygen atoms in total. The minimum Gasteiger partial charge on any atom is -0.325 e. The molecule has 3 rings (SSSR count).